The Kier molecular flexibility index (Phi) is 4.70. The van der Waals surface area contributed by atoms with E-state index in [1.54, 1.807) is 0 Å². The van der Waals surface area contributed by atoms with Gasteiger partial charge in [0, 0.05) is 0 Å². The minimum Gasteiger partial charge on any atom is -0.0808 e. The van der Waals surface area contributed by atoms with Gasteiger partial charge in [-0.3, -0.25) is 0 Å². The summed E-state index contributed by atoms with van der Waals surface area (Å²) in [7, 11) is 0. The van der Waals surface area contributed by atoms with E-state index in [2.05, 4.69) is 91.9 Å². The molecule has 0 spiro atoms. The van der Waals surface area contributed by atoms with Gasteiger partial charge in [0.05, 0.1) is 0 Å². The van der Waals surface area contributed by atoms with Gasteiger partial charge in [-0.2, -0.15) is 0 Å². The lowest BCUT2D eigenvalue weighted by Gasteiger charge is -2.12. The molecule has 22 heavy (non-hydrogen) atoms. The minimum atomic E-state index is 0.659. The predicted molar refractivity (Wildman–Crippen MR) is 95.6 cm³/mol. The lowest BCUT2D eigenvalue weighted by atomic mass is 9.93. The van der Waals surface area contributed by atoms with Crippen LogP contribution in [0.3, 0.4) is 0 Å². The topological polar surface area (TPSA) is 0 Å². The molecule has 0 saturated heterocycles. The van der Waals surface area contributed by atoms with Crippen LogP contribution in [0.25, 0.3) is 5.57 Å². The highest BCUT2D eigenvalue weighted by Gasteiger charge is 2.06. The van der Waals surface area contributed by atoms with Crippen LogP contribution in [0.5, 0.6) is 0 Å². The molecule has 1 unspecified atom stereocenters. The second-order valence-electron chi connectivity index (χ2n) is 5.97. The standard InChI is InChI=1S/C22H22/c1-18-12-14-20(15-13-18)17-22(21-10-6-3-7-11-21)16-19-8-4-2-5-9-19/h2-12,14-15,17-18H,13,16H2,1H3. The number of hydrogen-bond donors (Lipinski definition) is 0. The zero-order valence-corrected chi connectivity index (χ0v) is 13.1. The van der Waals surface area contributed by atoms with Gasteiger partial charge in [-0.05, 0) is 41.0 Å². The van der Waals surface area contributed by atoms with E-state index in [9.17, 15) is 0 Å². The predicted octanol–water partition coefficient (Wildman–Crippen LogP) is 5.84. The summed E-state index contributed by atoms with van der Waals surface area (Å²) in [5.74, 6) is 0.659. The van der Waals surface area contributed by atoms with Crippen molar-refractivity contribution in [1.82, 2.24) is 0 Å². The van der Waals surface area contributed by atoms with Crippen molar-refractivity contribution in [3.63, 3.8) is 0 Å². The van der Waals surface area contributed by atoms with E-state index in [4.69, 9.17) is 0 Å². The molecule has 0 fully saturated rings. The monoisotopic (exact) mass is 286 g/mol. The summed E-state index contributed by atoms with van der Waals surface area (Å²) >= 11 is 0. The highest BCUT2D eigenvalue weighted by molar-refractivity contribution is 5.71. The Labute approximate surface area is 133 Å². The van der Waals surface area contributed by atoms with Gasteiger partial charge in [-0.15, -0.1) is 0 Å². The average molecular weight is 286 g/mol. The zero-order valence-electron chi connectivity index (χ0n) is 13.1. The number of rotatable bonds is 4. The quantitative estimate of drug-likeness (QED) is 0.663. The summed E-state index contributed by atoms with van der Waals surface area (Å²) in [6, 6.07) is 21.4. The van der Waals surface area contributed by atoms with Crippen LogP contribution in [0.1, 0.15) is 24.5 Å². The first-order valence-electron chi connectivity index (χ1n) is 7.99. The third-order valence-electron chi connectivity index (χ3n) is 4.07. The van der Waals surface area contributed by atoms with Crippen molar-refractivity contribution >= 4 is 5.57 Å². The molecule has 0 heterocycles. The van der Waals surface area contributed by atoms with Crippen LogP contribution in [-0.2, 0) is 6.42 Å². The Morgan fingerprint density at radius 1 is 1.00 bits per heavy atom. The SMILES string of the molecule is CC1C=CC(C=C(Cc2ccccc2)c2ccccc2)=CC1. The molecular weight excluding hydrogens is 264 g/mol. The third kappa shape index (κ3) is 3.85. The van der Waals surface area contributed by atoms with E-state index in [0.29, 0.717) is 5.92 Å². The summed E-state index contributed by atoms with van der Waals surface area (Å²) in [5, 5.41) is 0. The molecule has 3 rings (SSSR count). The van der Waals surface area contributed by atoms with E-state index >= 15 is 0 Å². The lowest BCUT2D eigenvalue weighted by molar-refractivity contribution is 0.733. The number of hydrogen-bond acceptors (Lipinski definition) is 0. The van der Waals surface area contributed by atoms with Gasteiger partial charge in [0.2, 0.25) is 0 Å². The Bertz CT molecular complexity index is 687. The molecule has 0 aromatic heterocycles. The first-order chi connectivity index (χ1) is 10.8. The smallest absolute Gasteiger partial charge is 0.00196 e. The van der Waals surface area contributed by atoms with E-state index in [-0.39, 0.29) is 0 Å². The molecule has 1 aliphatic rings. The number of benzene rings is 2. The van der Waals surface area contributed by atoms with E-state index in [1.165, 1.54) is 22.3 Å². The van der Waals surface area contributed by atoms with Crippen molar-refractivity contribution in [3.05, 3.63) is 102 Å². The first kappa shape index (κ1) is 14.6. The van der Waals surface area contributed by atoms with Gasteiger partial charge in [-0.1, -0.05) is 91.9 Å². The van der Waals surface area contributed by atoms with Crippen LogP contribution in [0, 0.1) is 5.92 Å². The number of allylic oxidation sites excluding steroid dienone is 6. The fourth-order valence-corrected chi connectivity index (χ4v) is 2.76. The molecule has 0 nitrogen and oxygen atoms in total. The summed E-state index contributed by atoms with van der Waals surface area (Å²) in [6.07, 6.45) is 11.3. The van der Waals surface area contributed by atoms with Crippen LogP contribution >= 0.6 is 0 Å². The average Bonchev–Trinajstić information content (AvgIpc) is 2.58. The minimum absolute atomic E-state index is 0.659. The molecular formula is C22H22. The first-order valence-corrected chi connectivity index (χ1v) is 7.99. The van der Waals surface area contributed by atoms with Crippen LogP contribution < -0.4 is 0 Å². The van der Waals surface area contributed by atoms with Crippen molar-refractivity contribution in [2.45, 2.75) is 19.8 Å². The molecule has 1 atom stereocenters. The van der Waals surface area contributed by atoms with Gasteiger partial charge in [0.1, 0.15) is 0 Å². The van der Waals surface area contributed by atoms with Crippen molar-refractivity contribution in [2.24, 2.45) is 5.92 Å². The van der Waals surface area contributed by atoms with Crippen LogP contribution in [0.4, 0.5) is 0 Å². The van der Waals surface area contributed by atoms with Crippen molar-refractivity contribution in [1.29, 1.82) is 0 Å². The fourth-order valence-electron chi connectivity index (χ4n) is 2.76. The van der Waals surface area contributed by atoms with Crippen molar-refractivity contribution in [2.75, 3.05) is 0 Å². The largest absolute Gasteiger partial charge is 0.0808 e. The van der Waals surface area contributed by atoms with Gasteiger partial charge >= 0.3 is 0 Å². The van der Waals surface area contributed by atoms with Gasteiger partial charge in [0.25, 0.3) is 0 Å². The molecule has 1 aliphatic carbocycles. The summed E-state index contributed by atoms with van der Waals surface area (Å²) < 4.78 is 0. The van der Waals surface area contributed by atoms with Gasteiger partial charge in [-0.25, -0.2) is 0 Å². The fraction of sp³-hybridized carbons (Fsp3) is 0.182. The Balaban J connectivity index is 1.91. The highest BCUT2D eigenvalue weighted by atomic mass is 14.1. The lowest BCUT2D eigenvalue weighted by Crippen LogP contribution is -1.95. The maximum absolute atomic E-state index is 2.35. The van der Waals surface area contributed by atoms with Gasteiger partial charge in [0.15, 0.2) is 0 Å². The van der Waals surface area contributed by atoms with E-state index in [1.807, 2.05) is 0 Å². The molecule has 0 radical (unpaired) electrons. The Morgan fingerprint density at radius 3 is 2.32 bits per heavy atom. The maximum atomic E-state index is 2.35. The molecule has 2 aromatic rings. The van der Waals surface area contributed by atoms with E-state index in [0.717, 1.165) is 12.8 Å². The molecule has 0 amide bonds. The summed E-state index contributed by atoms with van der Waals surface area (Å²) in [5.41, 5.74) is 5.36. The van der Waals surface area contributed by atoms with Crippen LogP contribution in [-0.4, -0.2) is 0 Å². The van der Waals surface area contributed by atoms with E-state index < -0.39 is 0 Å². The molecule has 0 heteroatoms. The normalized spacial score (nSPS) is 18.1. The molecule has 0 N–H and O–H groups in total. The summed E-state index contributed by atoms with van der Waals surface area (Å²) in [6.45, 7) is 2.26. The molecule has 0 bridgehead atoms. The maximum Gasteiger partial charge on any atom is -0.00196 e. The Hall–Kier alpha value is -2.34. The molecule has 110 valence electrons. The second kappa shape index (κ2) is 7.09. The Morgan fingerprint density at radius 2 is 1.68 bits per heavy atom. The molecule has 0 saturated carbocycles. The second-order valence-corrected chi connectivity index (χ2v) is 5.97. The molecule has 0 aliphatic heterocycles. The van der Waals surface area contributed by atoms with Crippen LogP contribution in [0.2, 0.25) is 0 Å². The van der Waals surface area contributed by atoms with Gasteiger partial charge < -0.3 is 0 Å². The van der Waals surface area contributed by atoms with Crippen LogP contribution in [0.15, 0.2) is 90.5 Å². The summed E-state index contributed by atoms with van der Waals surface area (Å²) in [4.78, 5) is 0. The third-order valence-corrected chi connectivity index (χ3v) is 4.07. The highest BCUT2D eigenvalue weighted by Crippen LogP contribution is 2.24. The zero-order chi connectivity index (χ0) is 15.2. The van der Waals surface area contributed by atoms with Crippen molar-refractivity contribution in [3.8, 4) is 0 Å². The van der Waals surface area contributed by atoms with Crippen molar-refractivity contribution < 1.29 is 0 Å². The molecule has 2 aromatic carbocycles.